The van der Waals surface area contributed by atoms with Crippen molar-refractivity contribution in [1.82, 2.24) is 10.2 Å². The lowest BCUT2D eigenvalue weighted by Gasteiger charge is -2.17. The van der Waals surface area contributed by atoms with Gasteiger partial charge in [0.2, 0.25) is 0 Å². The highest BCUT2D eigenvalue weighted by atomic mass is 16.4. The Hall–Kier alpha value is -1.26. The predicted octanol–water partition coefficient (Wildman–Crippen LogP) is 1.00. The number of carboxylic acids is 1. The van der Waals surface area contributed by atoms with Crippen molar-refractivity contribution in [1.29, 1.82) is 0 Å². The highest BCUT2D eigenvalue weighted by molar-refractivity contribution is 5.75. The first-order valence-electron chi connectivity index (χ1n) is 5.02. The van der Waals surface area contributed by atoms with E-state index in [9.17, 15) is 9.59 Å². The molecule has 5 heteroatoms. The van der Waals surface area contributed by atoms with Gasteiger partial charge in [0, 0.05) is 20.6 Å². The van der Waals surface area contributed by atoms with Crippen LogP contribution in [0.25, 0.3) is 0 Å². The second-order valence-corrected chi connectivity index (χ2v) is 4.25. The van der Waals surface area contributed by atoms with Gasteiger partial charge in [-0.2, -0.15) is 0 Å². The average molecular weight is 216 g/mol. The molecule has 0 saturated carbocycles. The molecule has 2 amide bonds. The van der Waals surface area contributed by atoms with E-state index in [1.54, 1.807) is 14.1 Å². The van der Waals surface area contributed by atoms with Crippen molar-refractivity contribution in [2.75, 3.05) is 20.6 Å². The molecule has 0 radical (unpaired) electrons. The van der Waals surface area contributed by atoms with Crippen molar-refractivity contribution in [3.05, 3.63) is 0 Å². The minimum atomic E-state index is -0.859. The third-order valence-corrected chi connectivity index (χ3v) is 2.01. The number of aliphatic carboxylic acids is 1. The van der Waals surface area contributed by atoms with E-state index in [4.69, 9.17) is 5.11 Å². The second kappa shape index (κ2) is 6.27. The summed E-state index contributed by atoms with van der Waals surface area (Å²) in [7, 11) is 3.24. The fourth-order valence-corrected chi connectivity index (χ4v) is 1.21. The van der Waals surface area contributed by atoms with Crippen LogP contribution in [0, 0.1) is 11.8 Å². The number of nitrogens with zero attached hydrogens (tertiary/aromatic N) is 1. The van der Waals surface area contributed by atoms with Gasteiger partial charge in [0.25, 0.3) is 0 Å². The van der Waals surface area contributed by atoms with Crippen LogP contribution < -0.4 is 5.32 Å². The van der Waals surface area contributed by atoms with Gasteiger partial charge in [-0.05, 0) is 12.3 Å². The van der Waals surface area contributed by atoms with Crippen LogP contribution in [-0.4, -0.2) is 42.6 Å². The number of carboxylic acid groups (broad SMARTS) is 1. The lowest BCUT2D eigenvalue weighted by atomic mass is 9.97. The molecule has 2 N–H and O–H groups in total. The maximum Gasteiger partial charge on any atom is 0.316 e. The smallest absolute Gasteiger partial charge is 0.316 e. The van der Waals surface area contributed by atoms with Crippen LogP contribution in [0.1, 0.15) is 20.3 Å². The van der Waals surface area contributed by atoms with Gasteiger partial charge >= 0.3 is 12.0 Å². The van der Waals surface area contributed by atoms with Gasteiger partial charge < -0.3 is 15.3 Å². The highest BCUT2D eigenvalue weighted by Crippen LogP contribution is 2.10. The zero-order valence-electron chi connectivity index (χ0n) is 9.78. The molecule has 0 saturated heterocycles. The molecule has 1 unspecified atom stereocenters. The number of urea groups is 1. The topological polar surface area (TPSA) is 69.6 Å². The summed E-state index contributed by atoms with van der Waals surface area (Å²) in [6, 6.07) is -0.259. The van der Waals surface area contributed by atoms with Crippen molar-refractivity contribution < 1.29 is 14.7 Å². The van der Waals surface area contributed by atoms with Crippen LogP contribution in [0.4, 0.5) is 4.79 Å². The Morgan fingerprint density at radius 3 is 2.20 bits per heavy atom. The van der Waals surface area contributed by atoms with Crippen molar-refractivity contribution >= 4 is 12.0 Å². The Balaban J connectivity index is 4.07. The molecule has 0 bridgehead atoms. The Morgan fingerprint density at radius 1 is 1.33 bits per heavy atom. The number of carbonyl (C=O) groups is 2. The van der Waals surface area contributed by atoms with Crippen molar-refractivity contribution in [2.24, 2.45) is 11.8 Å². The van der Waals surface area contributed by atoms with Crippen LogP contribution in [0.15, 0.2) is 0 Å². The van der Waals surface area contributed by atoms with E-state index in [2.05, 4.69) is 5.32 Å². The predicted molar refractivity (Wildman–Crippen MR) is 57.7 cm³/mol. The monoisotopic (exact) mass is 216 g/mol. The maximum atomic E-state index is 11.2. The third kappa shape index (κ3) is 5.93. The molecule has 0 aromatic carbocycles. The lowest BCUT2D eigenvalue weighted by Crippen LogP contribution is -2.39. The number of nitrogens with one attached hydrogen (secondary N) is 1. The molecular formula is C10H20N2O3. The summed E-state index contributed by atoms with van der Waals surface area (Å²) in [6.07, 6.45) is 0.572. The Labute approximate surface area is 90.5 Å². The molecule has 0 fully saturated rings. The first kappa shape index (κ1) is 13.7. The molecule has 0 aliphatic carbocycles. The Morgan fingerprint density at radius 2 is 1.87 bits per heavy atom. The molecule has 0 aromatic heterocycles. The van der Waals surface area contributed by atoms with Crippen LogP contribution in [-0.2, 0) is 4.79 Å². The quantitative estimate of drug-likeness (QED) is 0.720. The molecule has 0 spiro atoms. The van der Waals surface area contributed by atoms with E-state index in [0.717, 1.165) is 0 Å². The number of hydrogen-bond donors (Lipinski definition) is 2. The normalized spacial score (nSPS) is 12.3. The molecule has 15 heavy (non-hydrogen) atoms. The molecule has 0 heterocycles. The summed E-state index contributed by atoms with van der Waals surface area (Å²) in [5.41, 5.74) is 0. The van der Waals surface area contributed by atoms with E-state index in [1.807, 2.05) is 13.8 Å². The average Bonchev–Trinajstić information content (AvgIpc) is 2.10. The molecule has 0 rings (SSSR count). The first-order valence-corrected chi connectivity index (χ1v) is 5.02. The van der Waals surface area contributed by atoms with Crippen LogP contribution >= 0.6 is 0 Å². The minimum absolute atomic E-state index is 0.185. The zero-order chi connectivity index (χ0) is 12.0. The van der Waals surface area contributed by atoms with Crippen LogP contribution in [0.2, 0.25) is 0 Å². The van der Waals surface area contributed by atoms with Crippen molar-refractivity contribution in [3.8, 4) is 0 Å². The third-order valence-electron chi connectivity index (χ3n) is 2.01. The summed E-state index contributed by atoms with van der Waals surface area (Å²) in [5.74, 6) is -1.06. The van der Waals surface area contributed by atoms with E-state index in [1.165, 1.54) is 4.90 Å². The Bertz CT molecular complexity index is 227. The van der Waals surface area contributed by atoms with E-state index >= 15 is 0 Å². The minimum Gasteiger partial charge on any atom is -0.481 e. The second-order valence-electron chi connectivity index (χ2n) is 4.25. The molecule has 0 aliphatic heterocycles. The highest BCUT2D eigenvalue weighted by Gasteiger charge is 2.19. The standard InChI is InChI=1S/C10H20N2O3/c1-7(2)5-8(9(13)14)6-11-10(15)12(3)4/h7-8H,5-6H2,1-4H3,(H,11,15)(H,13,14). The number of rotatable bonds is 5. The van der Waals surface area contributed by atoms with Gasteiger partial charge in [0.05, 0.1) is 5.92 Å². The summed E-state index contributed by atoms with van der Waals surface area (Å²) in [6.45, 7) is 4.11. The molecule has 0 aromatic rings. The summed E-state index contributed by atoms with van der Waals surface area (Å²) < 4.78 is 0. The van der Waals surface area contributed by atoms with Gasteiger partial charge in [0.1, 0.15) is 0 Å². The van der Waals surface area contributed by atoms with Crippen molar-refractivity contribution in [2.45, 2.75) is 20.3 Å². The zero-order valence-corrected chi connectivity index (χ0v) is 9.78. The van der Waals surface area contributed by atoms with Gasteiger partial charge in [-0.1, -0.05) is 13.8 Å². The SMILES string of the molecule is CC(C)CC(CNC(=O)N(C)C)C(=O)O. The molecular weight excluding hydrogens is 196 g/mol. The van der Waals surface area contributed by atoms with E-state index in [0.29, 0.717) is 12.3 Å². The fraction of sp³-hybridized carbons (Fsp3) is 0.800. The maximum absolute atomic E-state index is 11.2. The summed E-state index contributed by atoms with van der Waals surface area (Å²) in [5, 5.41) is 11.5. The van der Waals surface area contributed by atoms with Gasteiger partial charge in [-0.3, -0.25) is 4.79 Å². The number of amides is 2. The van der Waals surface area contributed by atoms with Crippen LogP contribution in [0.3, 0.4) is 0 Å². The number of carbonyl (C=O) groups excluding carboxylic acids is 1. The summed E-state index contributed by atoms with van der Waals surface area (Å²) >= 11 is 0. The lowest BCUT2D eigenvalue weighted by molar-refractivity contribution is -0.142. The fourth-order valence-electron chi connectivity index (χ4n) is 1.21. The van der Waals surface area contributed by atoms with Crippen molar-refractivity contribution in [3.63, 3.8) is 0 Å². The first-order chi connectivity index (χ1) is 6.84. The molecule has 88 valence electrons. The van der Waals surface area contributed by atoms with E-state index < -0.39 is 11.9 Å². The van der Waals surface area contributed by atoms with Gasteiger partial charge in [-0.15, -0.1) is 0 Å². The van der Waals surface area contributed by atoms with Crippen LogP contribution in [0.5, 0.6) is 0 Å². The number of hydrogen-bond acceptors (Lipinski definition) is 2. The summed E-state index contributed by atoms with van der Waals surface area (Å²) in [4.78, 5) is 23.4. The van der Waals surface area contributed by atoms with Gasteiger partial charge in [-0.25, -0.2) is 4.79 Å². The molecule has 5 nitrogen and oxygen atoms in total. The Kier molecular flexibility index (Phi) is 5.74. The van der Waals surface area contributed by atoms with E-state index in [-0.39, 0.29) is 12.6 Å². The largest absolute Gasteiger partial charge is 0.481 e. The van der Waals surface area contributed by atoms with Gasteiger partial charge in [0.15, 0.2) is 0 Å². The molecule has 0 aliphatic rings. The molecule has 1 atom stereocenters.